The van der Waals surface area contributed by atoms with E-state index in [-0.39, 0.29) is 5.78 Å². The van der Waals surface area contributed by atoms with E-state index >= 15 is 0 Å². The van der Waals surface area contributed by atoms with Gasteiger partial charge in [-0.1, -0.05) is 6.07 Å². The van der Waals surface area contributed by atoms with Crippen molar-refractivity contribution in [2.45, 2.75) is 13.8 Å². The van der Waals surface area contributed by atoms with E-state index in [2.05, 4.69) is 0 Å². The van der Waals surface area contributed by atoms with Crippen LogP contribution in [0.15, 0.2) is 23.6 Å². The van der Waals surface area contributed by atoms with E-state index < -0.39 is 0 Å². The normalized spacial score (nSPS) is 11.6. The monoisotopic (exact) mass is 166 g/mol. The number of carbonyl (C=O) groups is 1. The number of hydrogen-bond acceptors (Lipinski definition) is 2. The summed E-state index contributed by atoms with van der Waals surface area (Å²) in [5, 5.41) is 2.01. The lowest BCUT2D eigenvalue weighted by Gasteiger charge is -1.92. The lowest BCUT2D eigenvalue weighted by molar-refractivity contribution is -0.112. The minimum Gasteiger partial charge on any atom is -0.295 e. The second-order valence-electron chi connectivity index (χ2n) is 2.42. The van der Waals surface area contributed by atoms with Gasteiger partial charge in [0.25, 0.3) is 0 Å². The van der Waals surface area contributed by atoms with Crippen LogP contribution in [0.2, 0.25) is 0 Å². The third-order valence-corrected chi connectivity index (χ3v) is 2.33. The maximum atomic E-state index is 10.7. The second kappa shape index (κ2) is 3.49. The molecule has 0 aliphatic heterocycles. The van der Waals surface area contributed by atoms with Crippen LogP contribution in [0, 0.1) is 0 Å². The highest BCUT2D eigenvalue weighted by Crippen LogP contribution is 2.18. The van der Waals surface area contributed by atoms with E-state index in [4.69, 9.17) is 0 Å². The van der Waals surface area contributed by atoms with E-state index in [1.165, 1.54) is 4.88 Å². The first-order valence-electron chi connectivity index (χ1n) is 3.43. The predicted octanol–water partition coefficient (Wildman–Crippen LogP) is 2.74. The van der Waals surface area contributed by atoms with Crippen LogP contribution in [0.25, 0.3) is 5.57 Å². The van der Waals surface area contributed by atoms with E-state index in [1.54, 1.807) is 24.3 Å². The highest BCUT2D eigenvalue weighted by Gasteiger charge is 1.96. The molecule has 0 saturated carbocycles. The molecule has 58 valence electrons. The van der Waals surface area contributed by atoms with Crippen LogP contribution >= 0.6 is 11.3 Å². The highest BCUT2D eigenvalue weighted by atomic mass is 32.1. The highest BCUT2D eigenvalue weighted by molar-refractivity contribution is 7.11. The molecular weight excluding hydrogens is 156 g/mol. The Hall–Kier alpha value is -0.890. The first-order valence-corrected chi connectivity index (χ1v) is 4.31. The van der Waals surface area contributed by atoms with Crippen molar-refractivity contribution >= 4 is 22.7 Å². The van der Waals surface area contributed by atoms with Gasteiger partial charge in [-0.3, -0.25) is 4.79 Å². The topological polar surface area (TPSA) is 17.1 Å². The molecule has 1 aromatic heterocycles. The van der Waals surface area contributed by atoms with Crippen LogP contribution < -0.4 is 0 Å². The molecule has 0 aromatic carbocycles. The molecule has 0 atom stereocenters. The van der Waals surface area contributed by atoms with E-state index in [0.717, 1.165) is 5.57 Å². The fourth-order valence-corrected chi connectivity index (χ4v) is 1.58. The summed E-state index contributed by atoms with van der Waals surface area (Å²) in [4.78, 5) is 11.8. The van der Waals surface area contributed by atoms with Crippen LogP contribution in [0.1, 0.15) is 18.7 Å². The number of ketones is 1. The third kappa shape index (κ3) is 2.31. The zero-order valence-electron chi connectivity index (χ0n) is 6.63. The van der Waals surface area contributed by atoms with Crippen molar-refractivity contribution in [2.24, 2.45) is 0 Å². The van der Waals surface area contributed by atoms with Crippen LogP contribution in [0.5, 0.6) is 0 Å². The van der Waals surface area contributed by atoms with Gasteiger partial charge in [0.2, 0.25) is 0 Å². The molecule has 0 aliphatic rings. The molecule has 0 bridgehead atoms. The molecule has 0 aliphatic carbocycles. The number of allylic oxidation sites excluding steroid dienone is 2. The Labute approximate surface area is 70.4 Å². The van der Waals surface area contributed by atoms with Gasteiger partial charge in [0.15, 0.2) is 5.78 Å². The van der Waals surface area contributed by atoms with Crippen LogP contribution in [-0.4, -0.2) is 5.78 Å². The van der Waals surface area contributed by atoms with Gasteiger partial charge in [0.05, 0.1) is 0 Å². The molecule has 1 rings (SSSR count). The molecule has 0 amide bonds. The Kier molecular flexibility index (Phi) is 2.60. The summed E-state index contributed by atoms with van der Waals surface area (Å²) in [7, 11) is 0. The lowest BCUT2D eigenvalue weighted by atomic mass is 10.2. The lowest BCUT2D eigenvalue weighted by Crippen LogP contribution is -1.82. The Morgan fingerprint density at radius 3 is 2.73 bits per heavy atom. The summed E-state index contributed by atoms with van der Waals surface area (Å²) in [6.45, 7) is 3.52. The molecule has 1 aromatic rings. The minimum absolute atomic E-state index is 0.107. The Bertz CT molecular complexity index is 270. The molecule has 0 unspecified atom stereocenters. The first-order chi connectivity index (χ1) is 5.20. The maximum absolute atomic E-state index is 10.7. The SMILES string of the molecule is CC(=O)/C=C(\C)c1cccs1. The van der Waals surface area contributed by atoms with Gasteiger partial charge in [-0.15, -0.1) is 11.3 Å². The van der Waals surface area contributed by atoms with Gasteiger partial charge >= 0.3 is 0 Å². The van der Waals surface area contributed by atoms with Crippen LogP contribution in [-0.2, 0) is 4.79 Å². The zero-order chi connectivity index (χ0) is 8.27. The minimum atomic E-state index is 0.107. The van der Waals surface area contributed by atoms with Crippen molar-refractivity contribution in [1.82, 2.24) is 0 Å². The second-order valence-corrected chi connectivity index (χ2v) is 3.36. The molecule has 0 spiro atoms. The average Bonchev–Trinajstić information content (AvgIpc) is 2.35. The molecule has 1 heterocycles. The number of thiophene rings is 1. The summed E-state index contributed by atoms with van der Waals surface area (Å²) in [5.74, 6) is 0.107. The van der Waals surface area contributed by atoms with Crippen molar-refractivity contribution in [1.29, 1.82) is 0 Å². The Morgan fingerprint density at radius 2 is 2.27 bits per heavy atom. The van der Waals surface area contributed by atoms with Gasteiger partial charge in [0, 0.05) is 4.88 Å². The van der Waals surface area contributed by atoms with Crippen molar-refractivity contribution < 1.29 is 4.79 Å². The van der Waals surface area contributed by atoms with Gasteiger partial charge in [0.1, 0.15) is 0 Å². The average molecular weight is 166 g/mol. The molecule has 0 saturated heterocycles. The molecular formula is C9H10OS. The van der Waals surface area contributed by atoms with Gasteiger partial charge in [-0.2, -0.15) is 0 Å². The summed E-state index contributed by atoms with van der Waals surface area (Å²) in [5.41, 5.74) is 1.05. The predicted molar refractivity (Wildman–Crippen MR) is 48.7 cm³/mol. The molecule has 1 nitrogen and oxygen atoms in total. The third-order valence-electron chi connectivity index (χ3n) is 1.33. The quantitative estimate of drug-likeness (QED) is 0.617. The number of carbonyl (C=O) groups excluding carboxylic acids is 1. The van der Waals surface area contributed by atoms with Crippen molar-refractivity contribution in [2.75, 3.05) is 0 Å². The molecule has 0 N–H and O–H groups in total. The summed E-state index contributed by atoms with van der Waals surface area (Å²) in [6, 6.07) is 4.00. The summed E-state index contributed by atoms with van der Waals surface area (Å²) >= 11 is 1.65. The Balaban J connectivity index is 2.86. The zero-order valence-corrected chi connectivity index (χ0v) is 7.44. The van der Waals surface area contributed by atoms with Gasteiger partial charge in [-0.25, -0.2) is 0 Å². The van der Waals surface area contributed by atoms with Crippen molar-refractivity contribution in [3.63, 3.8) is 0 Å². The first kappa shape index (κ1) is 8.21. The van der Waals surface area contributed by atoms with Crippen LogP contribution in [0.4, 0.5) is 0 Å². The number of rotatable bonds is 2. The van der Waals surface area contributed by atoms with Crippen LogP contribution in [0.3, 0.4) is 0 Å². The molecule has 11 heavy (non-hydrogen) atoms. The van der Waals surface area contributed by atoms with Crippen molar-refractivity contribution in [3.8, 4) is 0 Å². The largest absolute Gasteiger partial charge is 0.295 e. The van der Waals surface area contributed by atoms with E-state index in [9.17, 15) is 4.79 Å². The maximum Gasteiger partial charge on any atom is 0.152 e. The fraction of sp³-hybridized carbons (Fsp3) is 0.222. The van der Waals surface area contributed by atoms with Crippen molar-refractivity contribution in [3.05, 3.63) is 28.5 Å². The molecule has 2 heteroatoms. The standard InChI is InChI=1S/C9H10OS/c1-7(6-8(2)10)9-4-3-5-11-9/h3-6H,1-2H3/b7-6+. The summed E-state index contributed by atoms with van der Waals surface area (Å²) in [6.07, 6.45) is 1.66. The number of hydrogen-bond donors (Lipinski definition) is 0. The smallest absolute Gasteiger partial charge is 0.152 e. The fourth-order valence-electron chi connectivity index (χ4n) is 0.879. The van der Waals surface area contributed by atoms with E-state index in [0.29, 0.717) is 0 Å². The van der Waals surface area contributed by atoms with Gasteiger partial charge in [-0.05, 0) is 36.9 Å². The van der Waals surface area contributed by atoms with E-state index in [1.807, 2.05) is 24.4 Å². The van der Waals surface area contributed by atoms with Gasteiger partial charge < -0.3 is 0 Å². The molecule has 0 radical (unpaired) electrons. The summed E-state index contributed by atoms with van der Waals surface area (Å²) < 4.78 is 0. The molecule has 0 fully saturated rings. The Morgan fingerprint density at radius 1 is 1.55 bits per heavy atom.